The molecular formula is C13H16FNO. The molecule has 2 nitrogen and oxygen atoms in total. The van der Waals surface area contributed by atoms with Crippen LogP contribution < -0.4 is 0 Å². The van der Waals surface area contributed by atoms with Gasteiger partial charge in [0.05, 0.1) is 0 Å². The van der Waals surface area contributed by atoms with Gasteiger partial charge in [0.1, 0.15) is 5.82 Å². The third kappa shape index (κ3) is 2.23. The minimum Gasteiger partial charge on any atom is -0.339 e. The van der Waals surface area contributed by atoms with Gasteiger partial charge in [-0.25, -0.2) is 4.39 Å². The molecule has 2 rings (SSSR count). The second-order valence-corrected chi connectivity index (χ2v) is 4.50. The van der Waals surface area contributed by atoms with Gasteiger partial charge < -0.3 is 4.90 Å². The van der Waals surface area contributed by atoms with Gasteiger partial charge in [-0.1, -0.05) is 0 Å². The Morgan fingerprint density at radius 2 is 1.94 bits per heavy atom. The molecule has 1 atom stereocenters. The van der Waals surface area contributed by atoms with E-state index in [1.165, 1.54) is 37.1 Å². The van der Waals surface area contributed by atoms with Gasteiger partial charge in [0.25, 0.3) is 5.91 Å². The van der Waals surface area contributed by atoms with Gasteiger partial charge in [-0.2, -0.15) is 0 Å². The summed E-state index contributed by atoms with van der Waals surface area (Å²) < 4.78 is 12.7. The minimum absolute atomic E-state index is 0.0283. The lowest BCUT2D eigenvalue weighted by molar-refractivity contribution is 0.0727. The highest BCUT2D eigenvalue weighted by molar-refractivity contribution is 5.94. The standard InChI is InChI=1S/C13H16FNO/c1-9(10-3-4-10)15(2)13(16)11-5-7-12(14)8-6-11/h5-10H,3-4H2,1-2H3. The van der Waals surface area contributed by atoms with Gasteiger partial charge in [-0.15, -0.1) is 0 Å². The van der Waals surface area contributed by atoms with Crippen LogP contribution in [0.5, 0.6) is 0 Å². The van der Waals surface area contributed by atoms with Crippen LogP contribution in [0, 0.1) is 11.7 Å². The third-order valence-corrected chi connectivity index (χ3v) is 3.33. The van der Waals surface area contributed by atoms with Crippen LogP contribution in [0.25, 0.3) is 0 Å². The Labute approximate surface area is 95.1 Å². The van der Waals surface area contributed by atoms with Crippen LogP contribution in [0.15, 0.2) is 24.3 Å². The molecule has 3 heteroatoms. The first-order valence-electron chi connectivity index (χ1n) is 5.62. The SMILES string of the molecule is CC(C1CC1)N(C)C(=O)c1ccc(F)cc1. The zero-order chi connectivity index (χ0) is 11.7. The summed E-state index contributed by atoms with van der Waals surface area (Å²) in [5.41, 5.74) is 0.552. The number of hydrogen-bond acceptors (Lipinski definition) is 1. The van der Waals surface area contributed by atoms with Gasteiger partial charge >= 0.3 is 0 Å². The lowest BCUT2D eigenvalue weighted by Crippen LogP contribution is -2.36. The van der Waals surface area contributed by atoms with Crippen LogP contribution in [0.2, 0.25) is 0 Å². The summed E-state index contributed by atoms with van der Waals surface area (Å²) in [4.78, 5) is 13.8. The number of nitrogens with zero attached hydrogens (tertiary/aromatic N) is 1. The molecule has 0 aliphatic heterocycles. The molecule has 1 aromatic rings. The van der Waals surface area contributed by atoms with Crippen molar-refractivity contribution >= 4 is 5.91 Å². The van der Waals surface area contributed by atoms with E-state index in [4.69, 9.17) is 0 Å². The monoisotopic (exact) mass is 221 g/mol. The zero-order valence-electron chi connectivity index (χ0n) is 9.61. The molecule has 0 bridgehead atoms. The number of carbonyl (C=O) groups excluding carboxylic acids is 1. The van der Waals surface area contributed by atoms with E-state index in [9.17, 15) is 9.18 Å². The Bertz CT molecular complexity index is 383. The Balaban J connectivity index is 2.08. The highest BCUT2D eigenvalue weighted by atomic mass is 19.1. The highest BCUT2D eigenvalue weighted by Gasteiger charge is 2.32. The van der Waals surface area contributed by atoms with Crippen molar-refractivity contribution in [1.82, 2.24) is 4.90 Å². The fourth-order valence-corrected chi connectivity index (χ4v) is 1.88. The molecule has 1 fully saturated rings. The van der Waals surface area contributed by atoms with E-state index in [0.29, 0.717) is 11.5 Å². The van der Waals surface area contributed by atoms with Crippen LogP contribution >= 0.6 is 0 Å². The zero-order valence-corrected chi connectivity index (χ0v) is 9.61. The lowest BCUT2D eigenvalue weighted by atomic mass is 10.1. The molecule has 1 unspecified atom stereocenters. The molecule has 0 N–H and O–H groups in total. The van der Waals surface area contributed by atoms with Crippen molar-refractivity contribution in [1.29, 1.82) is 0 Å². The van der Waals surface area contributed by atoms with Gasteiger partial charge in [0.2, 0.25) is 0 Å². The molecular weight excluding hydrogens is 205 g/mol. The Hall–Kier alpha value is -1.38. The smallest absolute Gasteiger partial charge is 0.253 e. The first-order chi connectivity index (χ1) is 7.59. The minimum atomic E-state index is -0.311. The van der Waals surface area contributed by atoms with Crippen molar-refractivity contribution in [2.45, 2.75) is 25.8 Å². The molecule has 0 spiro atoms. The van der Waals surface area contributed by atoms with E-state index in [0.717, 1.165) is 0 Å². The van der Waals surface area contributed by atoms with Gasteiger partial charge in [0.15, 0.2) is 0 Å². The molecule has 1 aliphatic carbocycles. The van der Waals surface area contributed by atoms with Crippen LogP contribution in [-0.4, -0.2) is 23.9 Å². The van der Waals surface area contributed by atoms with E-state index < -0.39 is 0 Å². The molecule has 0 heterocycles. The Morgan fingerprint density at radius 1 is 1.38 bits per heavy atom. The summed E-state index contributed by atoms with van der Waals surface area (Å²) >= 11 is 0. The molecule has 0 radical (unpaired) electrons. The maximum atomic E-state index is 12.7. The summed E-state index contributed by atoms with van der Waals surface area (Å²) in [6, 6.07) is 5.99. The highest BCUT2D eigenvalue weighted by Crippen LogP contribution is 2.35. The van der Waals surface area contributed by atoms with Crippen molar-refractivity contribution in [3.8, 4) is 0 Å². The third-order valence-electron chi connectivity index (χ3n) is 3.33. The maximum Gasteiger partial charge on any atom is 0.253 e. The molecule has 0 aromatic heterocycles. The van der Waals surface area contributed by atoms with Crippen molar-refractivity contribution < 1.29 is 9.18 Å². The average Bonchev–Trinajstić information content (AvgIpc) is 3.11. The normalized spacial score (nSPS) is 16.9. The molecule has 1 aromatic carbocycles. The summed E-state index contributed by atoms with van der Waals surface area (Å²) in [6.07, 6.45) is 2.42. The van der Waals surface area contributed by atoms with E-state index >= 15 is 0 Å². The Kier molecular flexibility index (Phi) is 2.95. The van der Waals surface area contributed by atoms with Crippen LogP contribution in [0.1, 0.15) is 30.1 Å². The molecule has 1 saturated carbocycles. The van der Waals surface area contributed by atoms with E-state index in [2.05, 4.69) is 6.92 Å². The average molecular weight is 221 g/mol. The first-order valence-corrected chi connectivity index (χ1v) is 5.62. The maximum absolute atomic E-state index is 12.7. The van der Waals surface area contributed by atoms with E-state index in [1.54, 1.807) is 4.90 Å². The predicted octanol–water partition coefficient (Wildman–Crippen LogP) is 2.70. The molecule has 16 heavy (non-hydrogen) atoms. The summed E-state index contributed by atoms with van der Waals surface area (Å²) in [7, 11) is 1.81. The number of hydrogen-bond donors (Lipinski definition) is 0. The Morgan fingerprint density at radius 3 is 2.44 bits per heavy atom. The van der Waals surface area contributed by atoms with Crippen molar-refractivity contribution in [3.63, 3.8) is 0 Å². The largest absolute Gasteiger partial charge is 0.339 e. The quantitative estimate of drug-likeness (QED) is 0.768. The number of carbonyl (C=O) groups is 1. The first kappa shape index (κ1) is 11.1. The van der Waals surface area contributed by atoms with E-state index in [1.807, 2.05) is 7.05 Å². The van der Waals surface area contributed by atoms with Gasteiger partial charge in [-0.3, -0.25) is 4.79 Å². The predicted molar refractivity (Wildman–Crippen MR) is 60.7 cm³/mol. The summed E-state index contributed by atoms with van der Waals surface area (Å²) in [6.45, 7) is 2.07. The summed E-state index contributed by atoms with van der Waals surface area (Å²) in [5.74, 6) is 0.309. The van der Waals surface area contributed by atoms with Gasteiger partial charge in [-0.05, 0) is 49.9 Å². The van der Waals surface area contributed by atoms with Gasteiger partial charge in [0, 0.05) is 18.7 Å². The van der Waals surface area contributed by atoms with Crippen LogP contribution in [0.3, 0.4) is 0 Å². The van der Waals surface area contributed by atoms with E-state index in [-0.39, 0.29) is 17.8 Å². The van der Waals surface area contributed by atoms with Crippen molar-refractivity contribution in [2.24, 2.45) is 5.92 Å². The fraction of sp³-hybridized carbons (Fsp3) is 0.462. The number of halogens is 1. The van der Waals surface area contributed by atoms with Crippen molar-refractivity contribution in [3.05, 3.63) is 35.6 Å². The number of rotatable bonds is 3. The summed E-state index contributed by atoms with van der Waals surface area (Å²) in [5, 5.41) is 0. The fourth-order valence-electron chi connectivity index (χ4n) is 1.88. The van der Waals surface area contributed by atoms with Crippen molar-refractivity contribution in [2.75, 3.05) is 7.05 Å². The topological polar surface area (TPSA) is 20.3 Å². The van der Waals surface area contributed by atoms with Crippen LogP contribution in [0.4, 0.5) is 4.39 Å². The number of amides is 1. The second-order valence-electron chi connectivity index (χ2n) is 4.50. The van der Waals surface area contributed by atoms with Crippen LogP contribution in [-0.2, 0) is 0 Å². The molecule has 1 amide bonds. The molecule has 1 aliphatic rings. The molecule has 0 saturated heterocycles. The number of benzene rings is 1. The lowest BCUT2D eigenvalue weighted by Gasteiger charge is -2.24. The second kappa shape index (κ2) is 4.24. The molecule has 86 valence electrons.